The Bertz CT molecular complexity index is 424. The van der Waals surface area contributed by atoms with Crippen LogP contribution in [0.25, 0.3) is 0 Å². The molecule has 1 aromatic carbocycles. The molecule has 3 nitrogen and oxygen atoms in total. The smallest absolute Gasteiger partial charge is 0.387 e. The van der Waals surface area contributed by atoms with E-state index in [9.17, 15) is 18.0 Å². The van der Waals surface area contributed by atoms with Gasteiger partial charge in [-0.1, -0.05) is 0 Å². The van der Waals surface area contributed by atoms with Gasteiger partial charge in [0.1, 0.15) is 17.1 Å². The Kier molecular flexibility index (Phi) is 4.62. The summed E-state index contributed by atoms with van der Waals surface area (Å²) >= 11 is 5.50. The Hall–Kier alpha value is -1.43. The zero-order valence-electron chi connectivity index (χ0n) is 8.68. The van der Waals surface area contributed by atoms with Crippen molar-refractivity contribution >= 4 is 17.6 Å². The van der Waals surface area contributed by atoms with Crippen LogP contribution in [-0.2, 0) is 10.6 Å². The van der Waals surface area contributed by atoms with Crippen LogP contribution in [0.4, 0.5) is 13.2 Å². The molecule has 0 unspecified atom stereocenters. The van der Waals surface area contributed by atoms with Gasteiger partial charge in [0, 0.05) is 11.9 Å². The maximum Gasteiger partial charge on any atom is 0.387 e. The molecule has 17 heavy (non-hydrogen) atoms. The van der Waals surface area contributed by atoms with Gasteiger partial charge in [0.05, 0.1) is 7.11 Å². The summed E-state index contributed by atoms with van der Waals surface area (Å²) in [5.74, 6) is -2.58. The molecule has 0 amide bonds. The van der Waals surface area contributed by atoms with Gasteiger partial charge in [-0.2, -0.15) is 8.78 Å². The number of carbonyl (C=O) groups is 1. The minimum absolute atomic E-state index is 0.0224. The van der Waals surface area contributed by atoms with E-state index in [0.29, 0.717) is 6.07 Å². The molecule has 0 spiro atoms. The average Bonchev–Trinajstić information content (AvgIpc) is 2.26. The zero-order chi connectivity index (χ0) is 13.0. The van der Waals surface area contributed by atoms with Crippen molar-refractivity contribution in [3.8, 4) is 5.75 Å². The molecule has 94 valence electrons. The van der Waals surface area contributed by atoms with Crippen molar-refractivity contribution in [1.29, 1.82) is 0 Å². The first-order chi connectivity index (χ1) is 7.99. The lowest BCUT2D eigenvalue weighted by Crippen LogP contribution is -2.12. The lowest BCUT2D eigenvalue weighted by molar-refractivity contribution is -0.0505. The Morgan fingerprint density at radius 1 is 1.47 bits per heavy atom. The first-order valence-electron chi connectivity index (χ1n) is 4.41. The van der Waals surface area contributed by atoms with Gasteiger partial charge in [0.15, 0.2) is 0 Å². The minimum Gasteiger partial charge on any atom is -0.465 e. The predicted octanol–water partition coefficient (Wildman–Crippen LogP) is 2.95. The van der Waals surface area contributed by atoms with E-state index in [0.717, 1.165) is 13.2 Å². The second-order valence-electron chi connectivity index (χ2n) is 2.94. The third-order valence-electron chi connectivity index (χ3n) is 1.90. The minimum atomic E-state index is -3.18. The molecule has 0 bridgehead atoms. The molecular formula is C10H8ClF3O3. The summed E-state index contributed by atoms with van der Waals surface area (Å²) in [7, 11) is 1.07. The van der Waals surface area contributed by atoms with Crippen LogP contribution in [0.1, 0.15) is 15.9 Å². The number of methoxy groups -OCH3 is 1. The quantitative estimate of drug-likeness (QED) is 0.622. The van der Waals surface area contributed by atoms with Gasteiger partial charge >= 0.3 is 12.6 Å². The van der Waals surface area contributed by atoms with Crippen LogP contribution in [-0.4, -0.2) is 19.7 Å². The van der Waals surface area contributed by atoms with Crippen LogP contribution < -0.4 is 4.74 Å². The first-order valence-corrected chi connectivity index (χ1v) is 4.94. The summed E-state index contributed by atoms with van der Waals surface area (Å²) in [5.41, 5.74) is -0.279. The molecule has 7 heteroatoms. The van der Waals surface area contributed by atoms with Crippen molar-refractivity contribution in [3.63, 3.8) is 0 Å². The van der Waals surface area contributed by atoms with Crippen LogP contribution in [0.5, 0.6) is 5.75 Å². The van der Waals surface area contributed by atoms with Gasteiger partial charge in [-0.05, 0) is 11.6 Å². The average molecular weight is 269 g/mol. The maximum atomic E-state index is 13.1. The summed E-state index contributed by atoms with van der Waals surface area (Å²) in [5, 5.41) is 0. The number of esters is 1. The van der Waals surface area contributed by atoms with E-state index in [2.05, 4.69) is 9.47 Å². The van der Waals surface area contributed by atoms with Crippen molar-refractivity contribution in [3.05, 3.63) is 29.1 Å². The number of ether oxygens (including phenoxy) is 2. The highest BCUT2D eigenvalue weighted by molar-refractivity contribution is 6.17. The number of alkyl halides is 3. The van der Waals surface area contributed by atoms with Crippen molar-refractivity contribution < 1.29 is 27.4 Å². The van der Waals surface area contributed by atoms with Gasteiger partial charge in [-0.25, -0.2) is 9.18 Å². The number of hydrogen-bond donors (Lipinski definition) is 0. The van der Waals surface area contributed by atoms with E-state index in [-0.39, 0.29) is 17.0 Å². The van der Waals surface area contributed by atoms with Gasteiger partial charge in [0.25, 0.3) is 0 Å². The Balaban J connectivity index is 3.33. The second-order valence-corrected chi connectivity index (χ2v) is 3.21. The molecule has 0 atom stereocenters. The highest BCUT2D eigenvalue weighted by Crippen LogP contribution is 2.27. The molecule has 0 saturated carbocycles. The van der Waals surface area contributed by atoms with E-state index in [1.807, 2.05) is 0 Å². The Morgan fingerprint density at radius 3 is 2.59 bits per heavy atom. The van der Waals surface area contributed by atoms with E-state index in [1.54, 1.807) is 0 Å². The molecule has 0 aliphatic heterocycles. The van der Waals surface area contributed by atoms with Gasteiger partial charge < -0.3 is 9.47 Å². The Labute approximate surface area is 100 Å². The van der Waals surface area contributed by atoms with Gasteiger partial charge in [0.2, 0.25) is 0 Å². The number of rotatable bonds is 4. The molecule has 0 aliphatic carbocycles. The molecule has 0 aromatic heterocycles. The lowest BCUT2D eigenvalue weighted by atomic mass is 10.1. The van der Waals surface area contributed by atoms with Crippen LogP contribution in [0, 0.1) is 5.82 Å². The molecular weight excluding hydrogens is 261 g/mol. The number of halogens is 4. The van der Waals surface area contributed by atoms with Crippen LogP contribution >= 0.6 is 11.6 Å². The first kappa shape index (κ1) is 13.6. The molecule has 0 N–H and O–H groups in total. The van der Waals surface area contributed by atoms with Crippen LogP contribution in [0.3, 0.4) is 0 Å². The van der Waals surface area contributed by atoms with Crippen molar-refractivity contribution in [2.45, 2.75) is 12.5 Å². The third kappa shape index (κ3) is 3.26. The normalized spacial score (nSPS) is 10.5. The summed E-state index contributed by atoms with van der Waals surface area (Å²) in [6, 6.07) is 1.63. The molecule has 1 rings (SSSR count). The molecule has 0 radical (unpaired) electrons. The molecule has 1 aromatic rings. The SMILES string of the molecule is COC(=O)c1c(CCl)cc(F)cc1OC(F)F. The van der Waals surface area contributed by atoms with E-state index in [1.165, 1.54) is 0 Å². The molecule has 0 fully saturated rings. The van der Waals surface area contributed by atoms with E-state index in [4.69, 9.17) is 11.6 Å². The van der Waals surface area contributed by atoms with Crippen molar-refractivity contribution in [2.24, 2.45) is 0 Å². The summed E-state index contributed by atoms with van der Waals surface area (Å²) in [6.07, 6.45) is 0. The third-order valence-corrected chi connectivity index (χ3v) is 2.19. The molecule has 0 aliphatic rings. The lowest BCUT2D eigenvalue weighted by Gasteiger charge is -2.12. The van der Waals surface area contributed by atoms with Gasteiger partial charge in [-0.3, -0.25) is 0 Å². The fraction of sp³-hybridized carbons (Fsp3) is 0.300. The number of benzene rings is 1. The standard InChI is InChI=1S/C10H8ClF3O3/c1-16-9(15)8-5(4-11)2-6(12)3-7(8)17-10(13)14/h2-3,10H,4H2,1H3. The summed E-state index contributed by atoms with van der Waals surface area (Å²) in [6.45, 7) is -3.18. The Morgan fingerprint density at radius 2 is 2.12 bits per heavy atom. The van der Waals surface area contributed by atoms with Crippen LogP contribution in [0.15, 0.2) is 12.1 Å². The number of carbonyl (C=O) groups excluding carboxylic acids is 1. The number of hydrogen-bond acceptors (Lipinski definition) is 3. The second kappa shape index (κ2) is 5.77. The fourth-order valence-corrected chi connectivity index (χ4v) is 1.47. The van der Waals surface area contributed by atoms with E-state index >= 15 is 0 Å². The molecule has 0 saturated heterocycles. The maximum absolute atomic E-state index is 13.1. The fourth-order valence-electron chi connectivity index (χ4n) is 1.26. The van der Waals surface area contributed by atoms with Crippen molar-refractivity contribution in [2.75, 3.05) is 7.11 Å². The predicted molar refractivity (Wildman–Crippen MR) is 53.9 cm³/mol. The zero-order valence-corrected chi connectivity index (χ0v) is 9.43. The highest BCUT2D eigenvalue weighted by atomic mass is 35.5. The molecule has 0 heterocycles. The van der Waals surface area contributed by atoms with Gasteiger partial charge in [-0.15, -0.1) is 11.6 Å². The summed E-state index contributed by atoms with van der Waals surface area (Å²) in [4.78, 5) is 11.4. The van der Waals surface area contributed by atoms with Crippen molar-refractivity contribution in [1.82, 2.24) is 0 Å². The summed E-state index contributed by atoms with van der Waals surface area (Å²) < 4.78 is 45.7. The highest BCUT2D eigenvalue weighted by Gasteiger charge is 2.21. The largest absolute Gasteiger partial charge is 0.465 e. The van der Waals surface area contributed by atoms with Crippen LogP contribution in [0.2, 0.25) is 0 Å². The monoisotopic (exact) mass is 268 g/mol. The van der Waals surface area contributed by atoms with E-state index < -0.39 is 24.1 Å². The topological polar surface area (TPSA) is 35.5 Å².